The molecule has 2 rings (SSSR count). The van der Waals surface area contributed by atoms with Gasteiger partial charge in [-0.1, -0.05) is 17.7 Å². The van der Waals surface area contributed by atoms with Crippen molar-refractivity contribution < 1.29 is 13.9 Å². The van der Waals surface area contributed by atoms with Gasteiger partial charge in [0.25, 0.3) is 0 Å². The third-order valence-corrected chi connectivity index (χ3v) is 3.16. The van der Waals surface area contributed by atoms with E-state index in [9.17, 15) is 13.9 Å². The van der Waals surface area contributed by atoms with Gasteiger partial charge in [0.15, 0.2) is 11.6 Å². The molecule has 6 heteroatoms. The molecule has 2 aromatic rings. The largest absolute Gasteiger partial charge is 0.381 e. The molecule has 1 aromatic carbocycles. The van der Waals surface area contributed by atoms with Crippen LogP contribution in [0.4, 0.5) is 8.78 Å². The summed E-state index contributed by atoms with van der Waals surface area (Å²) in [5.41, 5.74) is 0.241. The van der Waals surface area contributed by atoms with Crippen LogP contribution in [0.1, 0.15) is 16.7 Å². The zero-order valence-electron chi connectivity index (χ0n) is 7.82. The van der Waals surface area contributed by atoms with Crippen LogP contribution in [0.3, 0.4) is 0 Å². The van der Waals surface area contributed by atoms with Gasteiger partial charge in [0.1, 0.15) is 15.4 Å². The first-order valence-electron chi connectivity index (χ1n) is 4.32. The molecular formula is C10H6ClF2NOS. The van der Waals surface area contributed by atoms with Gasteiger partial charge in [0.2, 0.25) is 0 Å². The van der Waals surface area contributed by atoms with Crippen molar-refractivity contribution in [1.29, 1.82) is 0 Å². The topological polar surface area (TPSA) is 33.1 Å². The fourth-order valence-electron chi connectivity index (χ4n) is 1.22. The van der Waals surface area contributed by atoms with E-state index in [1.807, 2.05) is 0 Å². The third-order valence-electron chi connectivity index (χ3n) is 1.99. The van der Waals surface area contributed by atoms with Crippen LogP contribution in [0.2, 0.25) is 4.34 Å². The molecule has 84 valence electrons. The fourth-order valence-corrected chi connectivity index (χ4v) is 2.16. The van der Waals surface area contributed by atoms with E-state index >= 15 is 0 Å². The lowest BCUT2D eigenvalue weighted by molar-refractivity contribution is 0.219. The molecule has 0 saturated heterocycles. The molecule has 16 heavy (non-hydrogen) atoms. The smallest absolute Gasteiger partial charge is 0.159 e. The summed E-state index contributed by atoms with van der Waals surface area (Å²) >= 11 is 6.75. The maximum absolute atomic E-state index is 12.9. The molecule has 0 aliphatic rings. The summed E-state index contributed by atoms with van der Waals surface area (Å²) in [4.78, 5) is 3.86. The summed E-state index contributed by atoms with van der Waals surface area (Å²) in [5.74, 6) is -1.95. The van der Waals surface area contributed by atoms with Crippen LogP contribution in [0.15, 0.2) is 24.4 Å². The number of aromatic nitrogens is 1. The Morgan fingerprint density at radius 3 is 2.62 bits per heavy atom. The predicted octanol–water partition coefficient (Wildman–Crippen LogP) is 3.16. The Balaban J connectivity index is 2.33. The Kier molecular flexibility index (Phi) is 3.18. The van der Waals surface area contributed by atoms with Gasteiger partial charge in [0.05, 0.1) is 6.20 Å². The second kappa shape index (κ2) is 4.45. The summed E-state index contributed by atoms with van der Waals surface area (Å²) in [7, 11) is 0. The molecule has 1 aromatic heterocycles. The summed E-state index contributed by atoms with van der Waals surface area (Å²) in [6.45, 7) is 0. The van der Waals surface area contributed by atoms with E-state index in [-0.39, 0.29) is 5.56 Å². The van der Waals surface area contributed by atoms with Gasteiger partial charge < -0.3 is 5.11 Å². The van der Waals surface area contributed by atoms with Gasteiger partial charge in [-0.15, -0.1) is 11.3 Å². The first-order valence-corrected chi connectivity index (χ1v) is 5.51. The lowest BCUT2D eigenvalue weighted by atomic mass is 10.1. The van der Waals surface area contributed by atoms with Gasteiger partial charge >= 0.3 is 0 Å². The number of thiazole rings is 1. The van der Waals surface area contributed by atoms with Crippen molar-refractivity contribution in [1.82, 2.24) is 4.98 Å². The van der Waals surface area contributed by atoms with Crippen LogP contribution >= 0.6 is 22.9 Å². The number of rotatable bonds is 2. The molecule has 1 heterocycles. The summed E-state index contributed by atoms with van der Waals surface area (Å²) in [6, 6.07) is 3.21. The number of hydrogen-bond acceptors (Lipinski definition) is 3. The molecule has 0 aliphatic carbocycles. The summed E-state index contributed by atoms with van der Waals surface area (Å²) < 4.78 is 26.0. The SMILES string of the molecule is OC(c1ccc(F)c(F)c1)c1ncc(Cl)s1. The molecular weight excluding hydrogens is 256 g/mol. The van der Waals surface area contributed by atoms with Crippen molar-refractivity contribution in [3.8, 4) is 0 Å². The van der Waals surface area contributed by atoms with Crippen LogP contribution in [0.25, 0.3) is 0 Å². The Hall–Kier alpha value is -1.04. The highest BCUT2D eigenvalue weighted by atomic mass is 35.5. The summed E-state index contributed by atoms with van der Waals surface area (Å²) in [5, 5.41) is 10.2. The van der Waals surface area contributed by atoms with Gasteiger partial charge in [-0.05, 0) is 17.7 Å². The van der Waals surface area contributed by atoms with Crippen LogP contribution in [-0.4, -0.2) is 10.1 Å². The van der Waals surface area contributed by atoms with Gasteiger partial charge in [-0.3, -0.25) is 0 Å². The predicted molar refractivity (Wildman–Crippen MR) is 57.5 cm³/mol. The molecule has 0 saturated carbocycles. The van der Waals surface area contributed by atoms with E-state index in [1.165, 1.54) is 12.3 Å². The van der Waals surface area contributed by atoms with E-state index in [0.29, 0.717) is 9.34 Å². The van der Waals surface area contributed by atoms with Crippen molar-refractivity contribution in [2.24, 2.45) is 0 Å². The minimum absolute atomic E-state index is 0.241. The molecule has 0 radical (unpaired) electrons. The van der Waals surface area contributed by atoms with Crippen molar-refractivity contribution in [3.63, 3.8) is 0 Å². The first kappa shape index (κ1) is 11.4. The average Bonchev–Trinajstić information content (AvgIpc) is 2.68. The van der Waals surface area contributed by atoms with Gasteiger partial charge in [-0.25, -0.2) is 13.8 Å². The van der Waals surface area contributed by atoms with Crippen LogP contribution in [0, 0.1) is 11.6 Å². The number of nitrogens with zero attached hydrogens (tertiary/aromatic N) is 1. The van der Waals surface area contributed by atoms with Crippen molar-refractivity contribution in [2.75, 3.05) is 0 Å². The van der Waals surface area contributed by atoms with Crippen molar-refractivity contribution in [2.45, 2.75) is 6.10 Å². The maximum atomic E-state index is 12.9. The van der Waals surface area contributed by atoms with Gasteiger partial charge in [-0.2, -0.15) is 0 Å². The van der Waals surface area contributed by atoms with Gasteiger partial charge in [0, 0.05) is 0 Å². The highest BCUT2D eigenvalue weighted by Gasteiger charge is 2.16. The van der Waals surface area contributed by atoms with E-state index in [0.717, 1.165) is 23.5 Å². The second-order valence-electron chi connectivity index (χ2n) is 3.08. The quantitative estimate of drug-likeness (QED) is 0.901. The molecule has 1 N–H and O–H groups in total. The third kappa shape index (κ3) is 2.21. The number of aliphatic hydroxyl groups is 1. The lowest BCUT2D eigenvalue weighted by Gasteiger charge is -2.07. The van der Waals surface area contributed by atoms with Crippen molar-refractivity contribution >= 4 is 22.9 Å². The minimum atomic E-state index is -1.09. The number of benzene rings is 1. The molecule has 1 atom stereocenters. The molecule has 0 bridgehead atoms. The molecule has 1 unspecified atom stereocenters. The number of halogens is 3. The van der Waals surface area contributed by atoms with E-state index in [2.05, 4.69) is 4.98 Å². The van der Waals surface area contributed by atoms with Crippen LogP contribution in [0.5, 0.6) is 0 Å². The molecule has 0 aliphatic heterocycles. The van der Waals surface area contributed by atoms with Crippen LogP contribution in [-0.2, 0) is 0 Å². The van der Waals surface area contributed by atoms with E-state index in [1.54, 1.807) is 0 Å². The molecule has 0 spiro atoms. The first-order chi connectivity index (χ1) is 7.58. The van der Waals surface area contributed by atoms with E-state index < -0.39 is 17.7 Å². The Bertz CT molecular complexity index is 517. The summed E-state index contributed by atoms with van der Waals surface area (Å²) in [6.07, 6.45) is 0.303. The maximum Gasteiger partial charge on any atom is 0.159 e. The lowest BCUT2D eigenvalue weighted by Crippen LogP contribution is -2.00. The fraction of sp³-hybridized carbons (Fsp3) is 0.100. The Morgan fingerprint density at radius 2 is 2.06 bits per heavy atom. The number of aliphatic hydroxyl groups excluding tert-OH is 1. The molecule has 0 amide bonds. The highest BCUT2D eigenvalue weighted by molar-refractivity contribution is 7.15. The molecule has 2 nitrogen and oxygen atoms in total. The average molecular weight is 262 g/mol. The Labute approximate surface area is 99.1 Å². The molecule has 0 fully saturated rings. The van der Waals surface area contributed by atoms with E-state index in [4.69, 9.17) is 11.6 Å². The second-order valence-corrected chi connectivity index (χ2v) is 4.77. The Morgan fingerprint density at radius 1 is 1.31 bits per heavy atom. The zero-order chi connectivity index (χ0) is 11.7. The monoisotopic (exact) mass is 261 g/mol. The zero-order valence-corrected chi connectivity index (χ0v) is 9.40. The van der Waals surface area contributed by atoms with Crippen LogP contribution < -0.4 is 0 Å². The van der Waals surface area contributed by atoms with Crippen molar-refractivity contribution in [3.05, 3.63) is 50.9 Å². The minimum Gasteiger partial charge on any atom is -0.381 e. The highest BCUT2D eigenvalue weighted by Crippen LogP contribution is 2.28. The number of hydrogen-bond donors (Lipinski definition) is 1. The normalized spacial score (nSPS) is 12.8. The standard InChI is InChI=1S/C10H6ClF2NOS/c11-8-4-14-10(16-8)9(15)5-1-2-6(12)7(13)3-5/h1-4,9,15H.